The van der Waals surface area contributed by atoms with E-state index >= 15 is 0 Å². The first-order valence-electron chi connectivity index (χ1n) is 7.76. The summed E-state index contributed by atoms with van der Waals surface area (Å²) in [6, 6.07) is 9.50. The van der Waals surface area contributed by atoms with Gasteiger partial charge in [-0.15, -0.1) is 11.3 Å². The number of para-hydroxylation sites is 2. The second-order valence-corrected chi connectivity index (χ2v) is 7.27. The summed E-state index contributed by atoms with van der Waals surface area (Å²) in [5.74, 6) is 1.69. The number of nitrogens with one attached hydrogen (secondary N) is 1. The molecule has 25 heavy (non-hydrogen) atoms. The van der Waals surface area contributed by atoms with Crippen molar-refractivity contribution < 1.29 is 14.3 Å². The van der Waals surface area contributed by atoms with Gasteiger partial charge in [-0.05, 0) is 23.6 Å². The van der Waals surface area contributed by atoms with Gasteiger partial charge in [0.15, 0.2) is 11.5 Å². The first-order chi connectivity index (χ1) is 12.3. The molecule has 3 heterocycles. The third kappa shape index (κ3) is 3.69. The van der Waals surface area contributed by atoms with Crippen LogP contribution < -0.4 is 14.8 Å². The normalized spacial score (nSPS) is 15.9. The molecule has 1 aromatic carbocycles. The zero-order valence-electron chi connectivity index (χ0n) is 13.2. The molecule has 0 bridgehead atoms. The molecule has 1 N–H and O–H groups in total. The predicted octanol–water partition coefficient (Wildman–Crippen LogP) is 2.74. The number of amides is 1. The average Bonchev–Trinajstić information content (AvgIpc) is 3.14. The number of fused-ring (bicyclic) bond motifs is 2. The van der Waals surface area contributed by atoms with Crippen molar-refractivity contribution in [2.45, 2.75) is 11.1 Å². The molecular formula is C17H15N3O3S2. The minimum Gasteiger partial charge on any atom is -0.486 e. The molecule has 0 saturated heterocycles. The van der Waals surface area contributed by atoms with Crippen LogP contribution in [-0.4, -0.2) is 40.9 Å². The van der Waals surface area contributed by atoms with Gasteiger partial charge in [0.25, 0.3) is 0 Å². The Morgan fingerprint density at radius 2 is 2.16 bits per heavy atom. The number of thiophene rings is 1. The Morgan fingerprint density at radius 3 is 3.08 bits per heavy atom. The van der Waals surface area contributed by atoms with Gasteiger partial charge < -0.3 is 14.8 Å². The van der Waals surface area contributed by atoms with E-state index in [0.717, 1.165) is 21.0 Å². The van der Waals surface area contributed by atoms with Crippen molar-refractivity contribution in [1.82, 2.24) is 15.3 Å². The summed E-state index contributed by atoms with van der Waals surface area (Å²) >= 11 is 2.97. The van der Waals surface area contributed by atoms with Gasteiger partial charge in [-0.1, -0.05) is 23.9 Å². The molecule has 1 aliphatic rings. The van der Waals surface area contributed by atoms with Gasteiger partial charge >= 0.3 is 0 Å². The fraction of sp³-hybridized carbons (Fsp3) is 0.235. The molecule has 0 saturated carbocycles. The maximum absolute atomic E-state index is 12.1. The van der Waals surface area contributed by atoms with Crippen molar-refractivity contribution >= 4 is 39.2 Å². The van der Waals surface area contributed by atoms with Gasteiger partial charge in [-0.25, -0.2) is 9.97 Å². The van der Waals surface area contributed by atoms with Crippen molar-refractivity contribution in [2.75, 3.05) is 18.9 Å². The zero-order chi connectivity index (χ0) is 17.1. The molecule has 1 atom stereocenters. The molecule has 8 heteroatoms. The monoisotopic (exact) mass is 373 g/mol. The van der Waals surface area contributed by atoms with E-state index in [1.54, 1.807) is 11.3 Å². The van der Waals surface area contributed by atoms with Crippen LogP contribution in [0.25, 0.3) is 10.2 Å². The zero-order valence-corrected chi connectivity index (χ0v) is 14.8. The van der Waals surface area contributed by atoms with E-state index in [1.165, 1.54) is 18.1 Å². The molecule has 1 amide bonds. The van der Waals surface area contributed by atoms with Gasteiger partial charge in [0.1, 0.15) is 28.9 Å². The molecule has 1 aliphatic heterocycles. The Balaban J connectivity index is 1.28. The molecule has 2 aromatic heterocycles. The Labute approximate surface area is 152 Å². The summed E-state index contributed by atoms with van der Waals surface area (Å²) in [4.78, 5) is 21.5. The van der Waals surface area contributed by atoms with E-state index in [2.05, 4.69) is 15.3 Å². The number of hydrogen-bond acceptors (Lipinski definition) is 7. The van der Waals surface area contributed by atoms with Gasteiger partial charge in [0.05, 0.1) is 12.3 Å². The first kappa shape index (κ1) is 16.2. The van der Waals surface area contributed by atoms with Crippen LogP contribution in [0.3, 0.4) is 0 Å². The van der Waals surface area contributed by atoms with Gasteiger partial charge in [-0.3, -0.25) is 4.79 Å². The molecule has 6 nitrogen and oxygen atoms in total. The summed E-state index contributed by atoms with van der Waals surface area (Å²) in [5, 5.41) is 6.68. The lowest BCUT2D eigenvalue weighted by Gasteiger charge is -2.26. The molecule has 0 spiro atoms. The molecule has 4 rings (SSSR count). The van der Waals surface area contributed by atoms with Crippen molar-refractivity contribution in [3.63, 3.8) is 0 Å². The average molecular weight is 373 g/mol. The van der Waals surface area contributed by atoms with Crippen molar-refractivity contribution in [2.24, 2.45) is 0 Å². The summed E-state index contributed by atoms with van der Waals surface area (Å²) in [5.41, 5.74) is 0. The van der Waals surface area contributed by atoms with Crippen molar-refractivity contribution in [1.29, 1.82) is 0 Å². The number of hydrogen-bond donors (Lipinski definition) is 1. The van der Waals surface area contributed by atoms with E-state index in [0.29, 0.717) is 24.7 Å². The molecule has 128 valence electrons. The maximum Gasteiger partial charge on any atom is 0.230 e. The first-order valence-corrected chi connectivity index (χ1v) is 9.62. The molecular weight excluding hydrogens is 358 g/mol. The van der Waals surface area contributed by atoms with Gasteiger partial charge in [0, 0.05) is 5.39 Å². The SMILES string of the molecule is O=C(CSc1ncnc2sccc12)NC[C@H]1COc2ccccc2O1. The second-order valence-electron chi connectivity index (χ2n) is 5.41. The Hall–Kier alpha value is -2.32. The van der Waals surface area contributed by atoms with Crippen LogP contribution in [0.2, 0.25) is 0 Å². The van der Waals surface area contributed by atoms with E-state index in [9.17, 15) is 4.79 Å². The number of rotatable bonds is 5. The third-order valence-electron chi connectivity index (χ3n) is 3.66. The van der Waals surface area contributed by atoms with Crippen LogP contribution in [0.1, 0.15) is 0 Å². The smallest absolute Gasteiger partial charge is 0.230 e. The molecule has 3 aromatic rings. The van der Waals surface area contributed by atoms with Crippen LogP contribution in [0.15, 0.2) is 47.1 Å². The molecule has 0 unspecified atom stereocenters. The highest BCUT2D eigenvalue weighted by Gasteiger charge is 2.21. The molecule has 0 fully saturated rings. The van der Waals surface area contributed by atoms with Crippen LogP contribution in [0, 0.1) is 0 Å². The Kier molecular flexibility index (Phi) is 4.71. The van der Waals surface area contributed by atoms with E-state index < -0.39 is 0 Å². The largest absolute Gasteiger partial charge is 0.486 e. The van der Waals surface area contributed by atoms with Crippen molar-refractivity contribution in [3.05, 3.63) is 42.0 Å². The van der Waals surface area contributed by atoms with E-state index in [1.807, 2.05) is 35.7 Å². The fourth-order valence-corrected chi connectivity index (χ4v) is 4.07. The Bertz CT molecular complexity index is 899. The van der Waals surface area contributed by atoms with Crippen LogP contribution in [-0.2, 0) is 4.79 Å². The summed E-state index contributed by atoms with van der Waals surface area (Å²) < 4.78 is 11.5. The highest BCUT2D eigenvalue weighted by atomic mass is 32.2. The number of aromatic nitrogens is 2. The number of carbonyl (C=O) groups is 1. The number of nitrogens with zero attached hydrogens (tertiary/aromatic N) is 2. The highest BCUT2D eigenvalue weighted by Crippen LogP contribution is 2.30. The summed E-state index contributed by atoms with van der Waals surface area (Å²) in [6.45, 7) is 0.831. The number of carbonyl (C=O) groups excluding carboxylic acids is 1. The van der Waals surface area contributed by atoms with Gasteiger partial charge in [0.2, 0.25) is 5.91 Å². The van der Waals surface area contributed by atoms with E-state index in [-0.39, 0.29) is 12.0 Å². The second kappa shape index (κ2) is 7.28. The summed E-state index contributed by atoms with van der Waals surface area (Å²) in [7, 11) is 0. The standard InChI is InChI=1S/C17H15N3O3S2/c21-15(9-25-17-12-5-6-24-16(12)19-10-20-17)18-7-11-8-22-13-3-1-2-4-14(13)23-11/h1-6,10-11H,7-9H2,(H,18,21)/t11-/m0/s1. The quantitative estimate of drug-likeness (QED) is 0.548. The number of ether oxygens (including phenoxy) is 2. The van der Waals surface area contributed by atoms with Crippen molar-refractivity contribution in [3.8, 4) is 11.5 Å². The molecule has 0 radical (unpaired) electrons. The number of thioether (sulfide) groups is 1. The molecule has 0 aliphatic carbocycles. The number of benzene rings is 1. The highest BCUT2D eigenvalue weighted by molar-refractivity contribution is 8.00. The lowest BCUT2D eigenvalue weighted by Crippen LogP contribution is -2.41. The van der Waals surface area contributed by atoms with Crippen LogP contribution in [0.5, 0.6) is 11.5 Å². The third-order valence-corrected chi connectivity index (χ3v) is 5.49. The van der Waals surface area contributed by atoms with E-state index in [4.69, 9.17) is 9.47 Å². The lowest BCUT2D eigenvalue weighted by molar-refractivity contribution is -0.119. The minimum absolute atomic E-state index is 0.0607. The summed E-state index contributed by atoms with van der Waals surface area (Å²) in [6.07, 6.45) is 1.34. The topological polar surface area (TPSA) is 73.3 Å². The maximum atomic E-state index is 12.1. The van der Waals surface area contributed by atoms with Crippen LogP contribution in [0.4, 0.5) is 0 Å². The predicted molar refractivity (Wildman–Crippen MR) is 97.5 cm³/mol. The lowest BCUT2D eigenvalue weighted by atomic mass is 10.2. The van der Waals surface area contributed by atoms with Gasteiger partial charge in [-0.2, -0.15) is 0 Å². The minimum atomic E-state index is -0.188. The van der Waals surface area contributed by atoms with Crippen LogP contribution >= 0.6 is 23.1 Å². The Morgan fingerprint density at radius 1 is 1.28 bits per heavy atom. The fourth-order valence-electron chi connectivity index (χ4n) is 2.46.